The zero-order valence-electron chi connectivity index (χ0n) is 11.9. The first-order valence-corrected chi connectivity index (χ1v) is 6.04. The largest absolute Gasteiger partial charge is 0.493 e. The number of hydrogen-bond donors (Lipinski definition) is 2. The van der Waals surface area contributed by atoms with Gasteiger partial charge >= 0.3 is 6.09 Å². The van der Waals surface area contributed by atoms with Gasteiger partial charge in [-0.3, -0.25) is 0 Å². The van der Waals surface area contributed by atoms with Crippen LogP contribution in [0, 0.1) is 0 Å². The van der Waals surface area contributed by atoms with Crippen LogP contribution in [-0.4, -0.2) is 40.6 Å². The summed E-state index contributed by atoms with van der Waals surface area (Å²) in [6, 6.07) is 3.70. The molecule has 3 N–H and O–H groups in total. The van der Waals surface area contributed by atoms with Crippen LogP contribution in [0.15, 0.2) is 12.1 Å². The van der Waals surface area contributed by atoms with Crippen molar-refractivity contribution in [2.24, 2.45) is 5.73 Å². The van der Waals surface area contributed by atoms with Gasteiger partial charge in [0, 0.05) is 13.1 Å². The molecule has 0 aromatic heterocycles. The quantitative estimate of drug-likeness (QED) is 0.689. The second-order valence-electron chi connectivity index (χ2n) is 3.88. The summed E-state index contributed by atoms with van der Waals surface area (Å²) in [7, 11) is 4.68. The number of amides is 1. The Hall–Kier alpha value is -2.15. The fourth-order valence-electron chi connectivity index (χ4n) is 1.69. The summed E-state index contributed by atoms with van der Waals surface area (Å²) in [5.74, 6) is 1.74. The van der Waals surface area contributed by atoms with E-state index in [0.29, 0.717) is 30.3 Å². The number of benzene rings is 1. The van der Waals surface area contributed by atoms with Crippen LogP contribution in [0.25, 0.3) is 0 Å². The number of ether oxygens (including phenoxy) is 4. The van der Waals surface area contributed by atoms with Crippen molar-refractivity contribution in [2.75, 3.05) is 34.5 Å². The van der Waals surface area contributed by atoms with Gasteiger partial charge in [0.1, 0.15) is 6.61 Å². The van der Waals surface area contributed by atoms with Gasteiger partial charge in [0.05, 0.1) is 21.3 Å². The SMILES string of the molecule is COc1cc(CNCCOC(N)=O)cc(OC)c1OC. The number of nitrogens with one attached hydrogen (secondary N) is 1. The molecule has 0 radical (unpaired) electrons. The highest BCUT2D eigenvalue weighted by atomic mass is 16.5. The van der Waals surface area contributed by atoms with E-state index < -0.39 is 6.09 Å². The Morgan fingerprint density at radius 3 is 2.20 bits per heavy atom. The Morgan fingerprint density at radius 2 is 1.75 bits per heavy atom. The minimum Gasteiger partial charge on any atom is -0.493 e. The number of carbonyl (C=O) groups is 1. The van der Waals surface area contributed by atoms with Crippen molar-refractivity contribution >= 4 is 6.09 Å². The van der Waals surface area contributed by atoms with Gasteiger partial charge in [-0.05, 0) is 17.7 Å². The smallest absolute Gasteiger partial charge is 0.404 e. The van der Waals surface area contributed by atoms with E-state index >= 15 is 0 Å². The fraction of sp³-hybridized carbons (Fsp3) is 0.462. The minimum absolute atomic E-state index is 0.222. The van der Waals surface area contributed by atoms with Crippen molar-refractivity contribution in [1.82, 2.24) is 5.32 Å². The van der Waals surface area contributed by atoms with Crippen molar-refractivity contribution in [3.8, 4) is 17.2 Å². The Kier molecular flexibility index (Phi) is 6.45. The number of carbonyl (C=O) groups excluding carboxylic acids is 1. The van der Waals surface area contributed by atoms with Crippen LogP contribution in [0.2, 0.25) is 0 Å². The number of hydrogen-bond acceptors (Lipinski definition) is 6. The molecule has 0 spiro atoms. The number of primary amides is 1. The third-order valence-electron chi connectivity index (χ3n) is 2.58. The van der Waals surface area contributed by atoms with E-state index in [1.807, 2.05) is 12.1 Å². The molecule has 112 valence electrons. The zero-order valence-corrected chi connectivity index (χ0v) is 11.9. The van der Waals surface area contributed by atoms with E-state index in [1.54, 1.807) is 21.3 Å². The Balaban J connectivity index is 2.64. The highest BCUT2D eigenvalue weighted by Crippen LogP contribution is 2.38. The predicted octanol–water partition coefficient (Wildman–Crippen LogP) is 0.897. The molecular weight excluding hydrogens is 264 g/mol. The van der Waals surface area contributed by atoms with Gasteiger partial charge in [-0.2, -0.15) is 0 Å². The van der Waals surface area contributed by atoms with E-state index in [-0.39, 0.29) is 6.61 Å². The monoisotopic (exact) mass is 284 g/mol. The lowest BCUT2D eigenvalue weighted by atomic mass is 10.2. The molecule has 0 saturated carbocycles. The summed E-state index contributed by atoms with van der Waals surface area (Å²) in [5, 5.41) is 3.11. The highest BCUT2D eigenvalue weighted by molar-refractivity contribution is 5.64. The summed E-state index contributed by atoms with van der Waals surface area (Å²) >= 11 is 0. The average molecular weight is 284 g/mol. The van der Waals surface area contributed by atoms with Crippen molar-refractivity contribution in [2.45, 2.75) is 6.54 Å². The maximum Gasteiger partial charge on any atom is 0.404 e. The van der Waals surface area contributed by atoms with Crippen molar-refractivity contribution < 1.29 is 23.7 Å². The normalized spacial score (nSPS) is 9.95. The Bertz CT molecular complexity index is 425. The average Bonchev–Trinajstić information content (AvgIpc) is 2.45. The zero-order chi connectivity index (χ0) is 15.0. The van der Waals surface area contributed by atoms with Crippen molar-refractivity contribution in [3.63, 3.8) is 0 Å². The molecule has 0 heterocycles. The lowest BCUT2D eigenvalue weighted by molar-refractivity contribution is 0.157. The van der Waals surface area contributed by atoms with E-state index in [4.69, 9.17) is 19.9 Å². The van der Waals surface area contributed by atoms with Crippen molar-refractivity contribution in [3.05, 3.63) is 17.7 Å². The van der Waals surface area contributed by atoms with Crippen molar-refractivity contribution in [1.29, 1.82) is 0 Å². The van der Waals surface area contributed by atoms with Gasteiger partial charge in [-0.15, -0.1) is 0 Å². The number of rotatable bonds is 8. The van der Waals surface area contributed by atoms with Gasteiger partial charge in [0.15, 0.2) is 11.5 Å². The topological polar surface area (TPSA) is 92.0 Å². The lowest BCUT2D eigenvalue weighted by Gasteiger charge is -2.14. The molecule has 0 aliphatic carbocycles. The molecule has 20 heavy (non-hydrogen) atoms. The molecule has 1 rings (SSSR count). The first-order chi connectivity index (χ1) is 9.62. The maximum atomic E-state index is 10.4. The van der Waals surface area contributed by atoms with Crippen LogP contribution in [0.3, 0.4) is 0 Å². The van der Waals surface area contributed by atoms with E-state index in [9.17, 15) is 4.79 Å². The predicted molar refractivity (Wildman–Crippen MR) is 73.3 cm³/mol. The Labute approximate surface area is 117 Å². The number of nitrogens with two attached hydrogens (primary N) is 1. The molecular formula is C13H20N2O5. The second kappa shape index (κ2) is 8.11. The van der Waals surface area contributed by atoms with E-state index in [2.05, 4.69) is 10.1 Å². The van der Waals surface area contributed by atoms with Crippen LogP contribution in [0.4, 0.5) is 4.79 Å². The minimum atomic E-state index is -0.778. The van der Waals surface area contributed by atoms with Crippen LogP contribution in [0.1, 0.15) is 5.56 Å². The molecule has 0 aliphatic heterocycles. The molecule has 0 aliphatic rings. The van der Waals surface area contributed by atoms with Gasteiger partial charge in [0.25, 0.3) is 0 Å². The summed E-state index contributed by atoms with van der Waals surface area (Å²) in [5.41, 5.74) is 5.81. The van der Waals surface area contributed by atoms with Crippen LogP contribution >= 0.6 is 0 Å². The third kappa shape index (κ3) is 4.51. The molecule has 1 amide bonds. The summed E-state index contributed by atoms with van der Waals surface area (Å²) < 4.78 is 20.4. The summed E-state index contributed by atoms with van der Waals surface area (Å²) in [6.45, 7) is 1.29. The molecule has 7 nitrogen and oxygen atoms in total. The van der Waals surface area contributed by atoms with E-state index in [0.717, 1.165) is 5.56 Å². The molecule has 1 aromatic carbocycles. The standard InChI is InChI=1S/C13H20N2O5/c1-17-10-6-9(7-11(18-2)12(10)19-3)8-15-4-5-20-13(14)16/h6-7,15H,4-5,8H2,1-3H3,(H2,14,16). The molecule has 0 fully saturated rings. The first kappa shape index (κ1) is 15.9. The summed E-state index contributed by atoms with van der Waals surface area (Å²) in [6.07, 6.45) is -0.778. The van der Waals surface area contributed by atoms with Gasteiger partial charge in [0.2, 0.25) is 5.75 Å². The lowest BCUT2D eigenvalue weighted by Crippen LogP contribution is -2.23. The van der Waals surface area contributed by atoms with Crippen LogP contribution < -0.4 is 25.3 Å². The molecule has 0 unspecified atom stereocenters. The molecule has 0 saturated heterocycles. The van der Waals surface area contributed by atoms with Gasteiger partial charge < -0.3 is 30.0 Å². The molecule has 7 heteroatoms. The maximum absolute atomic E-state index is 10.4. The molecule has 0 bridgehead atoms. The first-order valence-electron chi connectivity index (χ1n) is 6.04. The highest BCUT2D eigenvalue weighted by Gasteiger charge is 2.12. The Morgan fingerprint density at radius 1 is 1.15 bits per heavy atom. The fourth-order valence-corrected chi connectivity index (χ4v) is 1.69. The molecule has 0 atom stereocenters. The summed E-state index contributed by atoms with van der Waals surface area (Å²) in [4.78, 5) is 10.4. The molecule has 1 aromatic rings. The second-order valence-corrected chi connectivity index (χ2v) is 3.88. The number of methoxy groups -OCH3 is 3. The van der Waals surface area contributed by atoms with Gasteiger partial charge in [-0.25, -0.2) is 4.79 Å². The van der Waals surface area contributed by atoms with Gasteiger partial charge in [-0.1, -0.05) is 0 Å². The van der Waals surface area contributed by atoms with Crippen LogP contribution in [0.5, 0.6) is 17.2 Å². The van der Waals surface area contributed by atoms with E-state index in [1.165, 1.54) is 0 Å². The van der Waals surface area contributed by atoms with Crippen LogP contribution in [-0.2, 0) is 11.3 Å². The third-order valence-corrected chi connectivity index (χ3v) is 2.58.